The molecule has 0 bridgehead atoms. The van der Waals surface area contributed by atoms with Crippen molar-refractivity contribution < 1.29 is 44.1 Å². The lowest BCUT2D eigenvalue weighted by Gasteiger charge is -2.23. The predicted octanol–water partition coefficient (Wildman–Crippen LogP) is -3.21. The zero-order valence-electron chi connectivity index (χ0n) is 16.7. The zero-order valence-corrected chi connectivity index (χ0v) is 16.7. The summed E-state index contributed by atoms with van der Waals surface area (Å²) in [5, 5.41) is 33.7. The van der Waals surface area contributed by atoms with Gasteiger partial charge in [-0.25, -0.2) is 9.78 Å². The Morgan fingerprint density at radius 2 is 1.56 bits per heavy atom. The van der Waals surface area contributed by atoms with Gasteiger partial charge in [0.25, 0.3) is 0 Å². The molecule has 15 heteroatoms. The number of H-pyrrole nitrogens is 1. The first-order chi connectivity index (χ1) is 15.0. The van der Waals surface area contributed by atoms with Crippen molar-refractivity contribution in [1.82, 2.24) is 25.9 Å². The van der Waals surface area contributed by atoms with Gasteiger partial charge in [-0.3, -0.25) is 24.0 Å². The summed E-state index contributed by atoms with van der Waals surface area (Å²) in [5.74, 6) is -7.04. The highest BCUT2D eigenvalue weighted by Gasteiger charge is 2.31. The minimum absolute atomic E-state index is 0.172. The average molecular weight is 456 g/mol. The molecule has 3 atom stereocenters. The smallest absolute Gasteiger partial charge is 0.326 e. The number of aromatic amines is 1. The van der Waals surface area contributed by atoms with E-state index in [1.165, 1.54) is 12.5 Å². The first kappa shape index (κ1) is 26.0. The maximum atomic E-state index is 12.6. The molecule has 1 aromatic rings. The number of hydrogen-bond acceptors (Lipinski definition) is 8. The number of amides is 3. The molecule has 1 aromatic heterocycles. The summed E-state index contributed by atoms with van der Waals surface area (Å²) in [6, 6.07) is -4.55. The van der Waals surface area contributed by atoms with Crippen molar-refractivity contribution >= 4 is 35.6 Å². The summed E-state index contributed by atoms with van der Waals surface area (Å²) >= 11 is 0. The number of nitrogens with two attached hydrogens (primary N) is 1. The van der Waals surface area contributed by atoms with Gasteiger partial charge in [0, 0.05) is 24.7 Å². The van der Waals surface area contributed by atoms with Crippen LogP contribution < -0.4 is 21.7 Å². The van der Waals surface area contributed by atoms with Crippen LogP contribution in [0.5, 0.6) is 0 Å². The Kier molecular flexibility index (Phi) is 10.3. The summed E-state index contributed by atoms with van der Waals surface area (Å²) in [4.78, 5) is 76.4. The minimum Gasteiger partial charge on any atom is -0.481 e. The number of imidazole rings is 1. The third kappa shape index (κ3) is 9.21. The van der Waals surface area contributed by atoms with Crippen LogP contribution in [0.4, 0.5) is 0 Å². The molecule has 0 radical (unpaired) electrons. The van der Waals surface area contributed by atoms with E-state index in [1.54, 1.807) is 0 Å². The van der Waals surface area contributed by atoms with Gasteiger partial charge < -0.3 is 42.0 Å². The molecule has 0 aromatic carbocycles. The molecule has 176 valence electrons. The van der Waals surface area contributed by atoms with Crippen LogP contribution in [0.2, 0.25) is 0 Å². The molecule has 15 nitrogen and oxygen atoms in total. The maximum absolute atomic E-state index is 12.6. The van der Waals surface area contributed by atoms with E-state index in [0.717, 1.165) is 0 Å². The van der Waals surface area contributed by atoms with Gasteiger partial charge in [0.05, 0.1) is 19.3 Å². The number of nitrogens with one attached hydrogen (secondary N) is 4. The van der Waals surface area contributed by atoms with E-state index in [4.69, 9.17) is 15.9 Å². The van der Waals surface area contributed by atoms with Crippen molar-refractivity contribution in [3.8, 4) is 0 Å². The lowest BCUT2D eigenvalue weighted by molar-refractivity contribution is -0.143. The molecule has 0 fully saturated rings. The molecule has 1 heterocycles. The molecule has 0 saturated heterocycles. The molecule has 0 saturated carbocycles. The van der Waals surface area contributed by atoms with Crippen LogP contribution in [-0.2, 0) is 35.2 Å². The second kappa shape index (κ2) is 12.6. The standard InChI is InChI=1S/C17H24N6O9/c18-5-12(24)21-10(4-14(27)28)16(30)22-9(1-2-13(25)26)15(29)23-11(17(31)32)3-8-6-19-7-20-8/h6-7,9-11H,1-5,18H2,(H,19,20)(H,21,24)(H,22,30)(H,23,29)(H,25,26)(H,27,28)(H,31,32). The Labute approximate surface area is 180 Å². The molecule has 0 spiro atoms. The number of aromatic nitrogens is 2. The highest BCUT2D eigenvalue weighted by atomic mass is 16.4. The van der Waals surface area contributed by atoms with Crippen molar-refractivity contribution in [3.05, 3.63) is 18.2 Å². The second-order valence-electron chi connectivity index (χ2n) is 6.60. The molecule has 0 aliphatic rings. The van der Waals surface area contributed by atoms with Crippen LogP contribution in [0, 0.1) is 0 Å². The highest BCUT2D eigenvalue weighted by Crippen LogP contribution is 2.04. The number of rotatable bonds is 14. The second-order valence-corrected chi connectivity index (χ2v) is 6.60. The Balaban J connectivity index is 2.97. The van der Waals surface area contributed by atoms with E-state index >= 15 is 0 Å². The molecule has 9 N–H and O–H groups in total. The fourth-order valence-electron chi connectivity index (χ4n) is 2.53. The van der Waals surface area contributed by atoms with Crippen LogP contribution in [-0.4, -0.2) is 85.6 Å². The fraction of sp³-hybridized carbons (Fsp3) is 0.471. The normalized spacial score (nSPS) is 13.3. The van der Waals surface area contributed by atoms with E-state index in [1.807, 2.05) is 0 Å². The summed E-state index contributed by atoms with van der Waals surface area (Å²) in [6.07, 6.45) is 0.674. The van der Waals surface area contributed by atoms with Crippen LogP contribution in [0.25, 0.3) is 0 Å². The van der Waals surface area contributed by atoms with Crippen molar-refractivity contribution in [2.24, 2.45) is 5.73 Å². The number of carboxylic acid groups (broad SMARTS) is 3. The quantitative estimate of drug-likeness (QED) is 0.138. The summed E-state index contributed by atoms with van der Waals surface area (Å²) in [7, 11) is 0. The number of carboxylic acids is 3. The average Bonchev–Trinajstić information content (AvgIpc) is 3.22. The van der Waals surface area contributed by atoms with Crippen LogP contribution in [0.15, 0.2) is 12.5 Å². The topological polar surface area (TPSA) is 254 Å². The van der Waals surface area contributed by atoms with E-state index in [9.17, 15) is 33.9 Å². The lowest BCUT2D eigenvalue weighted by Crippen LogP contribution is -2.56. The zero-order chi connectivity index (χ0) is 24.3. The highest BCUT2D eigenvalue weighted by molar-refractivity contribution is 5.95. The molecule has 3 amide bonds. The molecular weight excluding hydrogens is 432 g/mol. The van der Waals surface area contributed by atoms with Crippen molar-refractivity contribution in [2.75, 3.05) is 6.54 Å². The summed E-state index contributed by atoms with van der Waals surface area (Å²) < 4.78 is 0. The molecule has 0 aliphatic heterocycles. The van der Waals surface area contributed by atoms with Gasteiger partial charge in [0.2, 0.25) is 17.7 Å². The van der Waals surface area contributed by atoms with Crippen LogP contribution >= 0.6 is 0 Å². The third-order valence-corrected chi connectivity index (χ3v) is 4.09. The van der Waals surface area contributed by atoms with Gasteiger partial charge in [0.1, 0.15) is 18.1 Å². The summed E-state index contributed by atoms with van der Waals surface area (Å²) in [5.41, 5.74) is 5.54. The van der Waals surface area contributed by atoms with Gasteiger partial charge in [-0.1, -0.05) is 0 Å². The van der Waals surface area contributed by atoms with Gasteiger partial charge >= 0.3 is 17.9 Å². The lowest BCUT2D eigenvalue weighted by atomic mass is 10.1. The van der Waals surface area contributed by atoms with Gasteiger partial charge in [-0.15, -0.1) is 0 Å². The fourth-order valence-corrected chi connectivity index (χ4v) is 2.53. The van der Waals surface area contributed by atoms with Gasteiger partial charge in [-0.05, 0) is 6.42 Å². The van der Waals surface area contributed by atoms with Gasteiger partial charge in [-0.2, -0.15) is 0 Å². The molecule has 0 aliphatic carbocycles. The number of hydrogen-bond donors (Lipinski definition) is 8. The number of carbonyl (C=O) groups is 6. The van der Waals surface area contributed by atoms with Crippen molar-refractivity contribution in [1.29, 1.82) is 0 Å². The first-order valence-electron chi connectivity index (χ1n) is 9.27. The number of nitrogens with zero attached hydrogens (tertiary/aromatic N) is 1. The largest absolute Gasteiger partial charge is 0.481 e. The Bertz CT molecular complexity index is 842. The number of carbonyl (C=O) groups excluding carboxylic acids is 3. The van der Waals surface area contributed by atoms with Crippen LogP contribution in [0.1, 0.15) is 25.0 Å². The SMILES string of the molecule is NCC(=O)NC(CC(=O)O)C(=O)NC(CCC(=O)O)C(=O)NC(Cc1cnc[nH]1)C(=O)O. The van der Waals surface area contributed by atoms with E-state index in [2.05, 4.69) is 25.9 Å². The molecule has 1 rings (SSSR count). The Hall–Kier alpha value is -4.01. The van der Waals surface area contributed by atoms with E-state index < -0.39 is 79.6 Å². The van der Waals surface area contributed by atoms with Crippen LogP contribution in [0.3, 0.4) is 0 Å². The van der Waals surface area contributed by atoms with E-state index in [-0.39, 0.29) is 6.42 Å². The monoisotopic (exact) mass is 456 g/mol. The Morgan fingerprint density at radius 3 is 2.06 bits per heavy atom. The molecule has 3 unspecified atom stereocenters. The van der Waals surface area contributed by atoms with E-state index in [0.29, 0.717) is 5.69 Å². The number of aliphatic carboxylic acids is 3. The molecular formula is C17H24N6O9. The molecule has 32 heavy (non-hydrogen) atoms. The maximum Gasteiger partial charge on any atom is 0.326 e. The Morgan fingerprint density at radius 1 is 0.938 bits per heavy atom. The summed E-state index contributed by atoms with van der Waals surface area (Å²) in [6.45, 7) is -0.528. The van der Waals surface area contributed by atoms with Crippen molar-refractivity contribution in [3.63, 3.8) is 0 Å². The third-order valence-electron chi connectivity index (χ3n) is 4.09. The van der Waals surface area contributed by atoms with Crippen molar-refractivity contribution in [2.45, 2.75) is 43.8 Å². The minimum atomic E-state index is -1.59. The predicted molar refractivity (Wildman–Crippen MR) is 104 cm³/mol. The van der Waals surface area contributed by atoms with Gasteiger partial charge in [0.15, 0.2) is 0 Å². The first-order valence-corrected chi connectivity index (χ1v) is 9.27.